The van der Waals surface area contributed by atoms with Crippen LogP contribution in [0.15, 0.2) is 0 Å². The second-order valence-electron chi connectivity index (χ2n) is 5.51. The summed E-state index contributed by atoms with van der Waals surface area (Å²) in [6, 6.07) is 0. The Kier molecular flexibility index (Phi) is 3.81. The van der Waals surface area contributed by atoms with Crippen molar-refractivity contribution in [3.05, 3.63) is 0 Å². The van der Waals surface area contributed by atoms with Gasteiger partial charge in [0.1, 0.15) is 0 Å². The molecular weight excluding hydrogens is 144 g/mol. The van der Waals surface area contributed by atoms with E-state index in [1.165, 1.54) is 12.8 Å². The molecule has 0 saturated heterocycles. The fourth-order valence-corrected chi connectivity index (χ4v) is 1.73. The standard InChI is InChI=1S/C12H26/c1-8-9-11(4,5)12(6,7)10(2)3/h10H,8-9H2,1-7H3. The Morgan fingerprint density at radius 2 is 1.42 bits per heavy atom. The van der Waals surface area contributed by atoms with Crippen LogP contribution < -0.4 is 0 Å². The van der Waals surface area contributed by atoms with Gasteiger partial charge in [0, 0.05) is 0 Å². The fraction of sp³-hybridized carbons (Fsp3) is 1.00. The molecule has 0 aliphatic rings. The summed E-state index contributed by atoms with van der Waals surface area (Å²) in [7, 11) is 0. The van der Waals surface area contributed by atoms with Gasteiger partial charge in [-0.3, -0.25) is 0 Å². The van der Waals surface area contributed by atoms with Gasteiger partial charge in [0.15, 0.2) is 0 Å². The van der Waals surface area contributed by atoms with Crippen molar-refractivity contribution >= 4 is 0 Å². The minimum absolute atomic E-state index is 0.447. The summed E-state index contributed by atoms with van der Waals surface area (Å²) >= 11 is 0. The maximum atomic E-state index is 2.40. The summed E-state index contributed by atoms with van der Waals surface area (Å²) in [5.74, 6) is 0.763. The average molecular weight is 170 g/mol. The smallest absolute Gasteiger partial charge is 0.0280 e. The van der Waals surface area contributed by atoms with Gasteiger partial charge in [-0.25, -0.2) is 0 Å². The average Bonchev–Trinajstić information content (AvgIpc) is 1.86. The molecule has 0 aliphatic heterocycles. The third-order valence-corrected chi connectivity index (χ3v) is 4.06. The molecule has 0 atom stereocenters. The molecule has 0 N–H and O–H groups in total. The van der Waals surface area contributed by atoms with E-state index in [0.29, 0.717) is 10.8 Å². The molecule has 0 heteroatoms. The highest BCUT2D eigenvalue weighted by atomic mass is 14.4. The van der Waals surface area contributed by atoms with E-state index in [1.807, 2.05) is 0 Å². The lowest BCUT2D eigenvalue weighted by atomic mass is 9.60. The van der Waals surface area contributed by atoms with E-state index in [1.54, 1.807) is 0 Å². The van der Waals surface area contributed by atoms with E-state index in [2.05, 4.69) is 48.5 Å². The molecule has 0 amide bonds. The molecule has 0 fully saturated rings. The number of hydrogen-bond donors (Lipinski definition) is 0. The molecular formula is C12H26. The third-order valence-electron chi connectivity index (χ3n) is 4.06. The zero-order chi connectivity index (χ0) is 9.99. The van der Waals surface area contributed by atoms with Gasteiger partial charge in [-0.15, -0.1) is 0 Å². The lowest BCUT2D eigenvalue weighted by Crippen LogP contribution is -2.36. The van der Waals surface area contributed by atoms with Crippen molar-refractivity contribution < 1.29 is 0 Å². The van der Waals surface area contributed by atoms with Crippen molar-refractivity contribution in [2.45, 2.75) is 61.3 Å². The fourth-order valence-electron chi connectivity index (χ4n) is 1.73. The SMILES string of the molecule is CCCC(C)(C)C(C)(C)C(C)C. The molecule has 0 aliphatic carbocycles. The monoisotopic (exact) mass is 170 g/mol. The van der Waals surface area contributed by atoms with Crippen molar-refractivity contribution in [1.29, 1.82) is 0 Å². The van der Waals surface area contributed by atoms with Crippen molar-refractivity contribution in [1.82, 2.24) is 0 Å². The molecule has 0 nitrogen and oxygen atoms in total. The number of rotatable bonds is 4. The molecule has 0 aromatic carbocycles. The summed E-state index contributed by atoms with van der Waals surface area (Å²) < 4.78 is 0. The first kappa shape index (κ1) is 12.0. The Morgan fingerprint density at radius 3 is 1.67 bits per heavy atom. The molecule has 0 unspecified atom stereocenters. The summed E-state index contributed by atoms with van der Waals surface area (Å²) in [4.78, 5) is 0. The van der Waals surface area contributed by atoms with E-state index < -0.39 is 0 Å². The van der Waals surface area contributed by atoms with E-state index >= 15 is 0 Å². The third kappa shape index (κ3) is 2.24. The van der Waals surface area contributed by atoms with Gasteiger partial charge in [0.25, 0.3) is 0 Å². The highest BCUT2D eigenvalue weighted by Crippen LogP contribution is 2.46. The van der Waals surface area contributed by atoms with Crippen molar-refractivity contribution in [3.8, 4) is 0 Å². The molecule has 0 radical (unpaired) electrons. The van der Waals surface area contributed by atoms with Crippen molar-refractivity contribution in [2.24, 2.45) is 16.7 Å². The summed E-state index contributed by atoms with van der Waals surface area (Å²) in [5, 5.41) is 0. The van der Waals surface area contributed by atoms with Crippen LogP contribution in [0.5, 0.6) is 0 Å². The molecule has 0 rings (SSSR count). The van der Waals surface area contributed by atoms with E-state index in [9.17, 15) is 0 Å². The molecule has 74 valence electrons. The van der Waals surface area contributed by atoms with Gasteiger partial charge < -0.3 is 0 Å². The van der Waals surface area contributed by atoms with Gasteiger partial charge in [-0.05, 0) is 23.2 Å². The Bertz CT molecular complexity index is 129. The van der Waals surface area contributed by atoms with Gasteiger partial charge in [0.2, 0.25) is 0 Å². The predicted molar refractivity (Wildman–Crippen MR) is 57.3 cm³/mol. The van der Waals surface area contributed by atoms with Crippen LogP contribution in [0.4, 0.5) is 0 Å². The van der Waals surface area contributed by atoms with Crippen LogP contribution in [0.1, 0.15) is 61.3 Å². The second-order valence-corrected chi connectivity index (χ2v) is 5.51. The predicted octanol–water partition coefficient (Wildman–Crippen LogP) is 4.49. The van der Waals surface area contributed by atoms with Gasteiger partial charge in [0.05, 0.1) is 0 Å². The Labute approximate surface area is 78.8 Å². The normalized spacial score (nSPS) is 14.0. The summed E-state index contributed by atoms with van der Waals surface area (Å²) in [6.07, 6.45) is 2.63. The second kappa shape index (κ2) is 3.81. The zero-order valence-electron chi connectivity index (χ0n) is 9.99. The largest absolute Gasteiger partial charge is 0.0654 e. The minimum atomic E-state index is 0.447. The maximum absolute atomic E-state index is 2.40. The molecule has 0 spiro atoms. The van der Waals surface area contributed by atoms with Gasteiger partial charge in [-0.1, -0.05) is 54.9 Å². The first-order valence-corrected chi connectivity index (χ1v) is 5.25. The van der Waals surface area contributed by atoms with E-state index in [0.717, 1.165) is 5.92 Å². The van der Waals surface area contributed by atoms with Crippen LogP contribution in [0.2, 0.25) is 0 Å². The van der Waals surface area contributed by atoms with E-state index in [-0.39, 0.29) is 0 Å². The van der Waals surface area contributed by atoms with Crippen LogP contribution in [-0.4, -0.2) is 0 Å². The molecule has 0 saturated carbocycles. The molecule has 0 heterocycles. The van der Waals surface area contributed by atoms with Gasteiger partial charge in [-0.2, -0.15) is 0 Å². The quantitative estimate of drug-likeness (QED) is 0.583. The van der Waals surface area contributed by atoms with E-state index in [4.69, 9.17) is 0 Å². The molecule has 0 aromatic rings. The lowest BCUT2D eigenvalue weighted by molar-refractivity contribution is 0.0470. The van der Waals surface area contributed by atoms with Crippen LogP contribution in [0.25, 0.3) is 0 Å². The van der Waals surface area contributed by atoms with Crippen LogP contribution in [-0.2, 0) is 0 Å². The molecule has 0 aromatic heterocycles. The summed E-state index contributed by atoms with van der Waals surface area (Å²) in [6.45, 7) is 16.5. The zero-order valence-corrected chi connectivity index (χ0v) is 9.99. The summed E-state index contributed by atoms with van der Waals surface area (Å²) in [5.41, 5.74) is 0.916. The first-order chi connectivity index (χ1) is 5.25. The van der Waals surface area contributed by atoms with Crippen LogP contribution >= 0.6 is 0 Å². The highest BCUT2D eigenvalue weighted by Gasteiger charge is 2.38. The Morgan fingerprint density at radius 1 is 1.00 bits per heavy atom. The first-order valence-electron chi connectivity index (χ1n) is 5.25. The van der Waals surface area contributed by atoms with Gasteiger partial charge >= 0.3 is 0 Å². The van der Waals surface area contributed by atoms with Crippen molar-refractivity contribution in [2.75, 3.05) is 0 Å². The lowest BCUT2D eigenvalue weighted by Gasteiger charge is -2.45. The highest BCUT2D eigenvalue weighted by molar-refractivity contribution is 4.87. The van der Waals surface area contributed by atoms with Crippen LogP contribution in [0, 0.1) is 16.7 Å². The Balaban J connectivity index is 4.50. The van der Waals surface area contributed by atoms with Crippen LogP contribution in [0.3, 0.4) is 0 Å². The maximum Gasteiger partial charge on any atom is -0.0280 e. The number of hydrogen-bond acceptors (Lipinski definition) is 0. The Hall–Kier alpha value is 0. The molecule has 0 bridgehead atoms. The van der Waals surface area contributed by atoms with Crippen molar-refractivity contribution in [3.63, 3.8) is 0 Å². The minimum Gasteiger partial charge on any atom is -0.0654 e. The topological polar surface area (TPSA) is 0 Å². The molecule has 12 heavy (non-hydrogen) atoms.